The van der Waals surface area contributed by atoms with Gasteiger partial charge in [0.25, 0.3) is 0 Å². The number of aromatic nitrogens is 2. The predicted molar refractivity (Wildman–Crippen MR) is 143 cm³/mol. The van der Waals surface area contributed by atoms with Crippen LogP contribution in [-0.4, -0.2) is 42.4 Å². The smallest absolute Gasteiger partial charge is 0.191 e. The maximum atomic E-state index is 4.47. The van der Waals surface area contributed by atoms with E-state index in [0.717, 1.165) is 37.7 Å². The number of benzene rings is 2. The average Bonchev–Trinajstić information content (AvgIpc) is 3.52. The highest BCUT2D eigenvalue weighted by Crippen LogP contribution is 2.23. The van der Waals surface area contributed by atoms with Gasteiger partial charge >= 0.3 is 0 Å². The summed E-state index contributed by atoms with van der Waals surface area (Å²) >= 11 is 0. The first-order valence-corrected chi connectivity index (χ1v) is 11.1. The molecule has 1 aliphatic heterocycles. The Bertz CT molecular complexity index is 994. The summed E-state index contributed by atoms with van der Waals surface area (Å²) in [4.78, 5) is 6.87. The van der Waals surface area contributed by atoms with Gasteiger partial charge in [-0.25, -0.2) is 4.68 Å². The molecule has 2 heterocycles. The predicted octanol–water partition coefficient (Wildman–Crippen LogP) is 4.56. The number of anilines is 1. The molecule has 0 saturated carbocycles. The summed E-state index contributed by atoms with van der Waals surface area (Å²) in [5.41, 5.74) is 4.86. The van der Waals surface area contributed by atoms with E-state index in [1.807, 2.05) is 36.1 Å². The third kappa shape index (κ3) is 6.25. The number of nitrogens with zero attached hydrogens (tertiary/aromatic N) is 4. The van der Waals surface area contributed by atoms with Gasteiger partial charge in [0.2, 0.25) is 0 Å². The number of hydrogen-bond acceptors (Lipinski definition) is 3. The lowest BCUT2D eigenvalue weighted by Crippen LogP contribution is -2.39. The largest absolute Gasteiger partial charge is 0.372 e. The highest BCUT2D eigenvalue weighted by molar-refractivity contribution is 14.0. The molecule has 2 aromatic carbocycles. The molecule has 0 bridgehead atoms. The molecular formula is C25H33IN6. The Morgan fingerprint density at radius 2 is 1.81 bits per heavy atom. The Balaban J connectivity index is 0.00000289. The van der Waals surface area contributed by atoms with Gasteiger partial charge in [-0.3, -0.25) is 4.99 Å². The average molecular weight is 544 g/mol. The minimum atomic E-state index is 0. The first-order valence-electron chi connectivity index (χ1n) is 11.1. The summed E-state index contributed by atoms with van der Waals surface area (Å²) in [6, 6.07) is 19.2. The quantitative estimate of drug-likeness (QED) is 0.260. The highest BCUT2D eigenvalue weighted by Gasteiger charge is 2.14. The third-order valence-electron chi connectivity index (χ3n) is 5.78. The number of para-hydroxylation sites is 1. The van der Waals surface area contributed by atoms with Crippen LogP contribution in [0.5, 0.6) is 0 Å². The van der Waals surface area contributed by atoms with E-state index in [9.17, 15) is 0 Å². The van der Waals surface area contributed by atoms with Gasteiger partial charge in [0, 0.05) is 38.6 Å². The minimum Gasteiger partial charge on any atom is -0.372 e. The molecule has 6 nitrogen and oxygen atoms in total. The van der Waals surface area contributed by atoms with Crippen LogP contribution >= 0.6 is 24.0 Å². The van der Waals surface area contributed by atoms with Crippen molar-refractivity contribution in [3.8, 4) is 5.69 Å². The molecule has 1 saturated heterocycles. The molecule has 0 aliphatic carbocycles. The molecule has 1 aliphatic rings. The molecule has 7 heteroatoms. The lowest BCUT2D eigenvalue weighted by molar-refractivity contribution is 0.684. The fourth-order valence-corrected chi connectivity index (χ4v) is 3.99. The van der Waals surface area contributed by atoms with E-state index in [-0.39, 0.29) is 30.0 Å². The van der Waals surface area contributed by atoms with E-state index in [1.54, 1.807) is 0 Å². The van der Waals surface area contributed by atoms with Gasteiger partial charge in [-0.2, -0.15) is 5.10 Å². The molecule has 0 radical (unpaired) electrons. The molecule has 1 unspecified atom stereocenters. The normalized spacial score (nSPS) is 14.7. The van der Waals surface area contributed by atoms with Crippen molar-refractivity contribution >= 4 is 35.6 Å². The molecule has 2 N–H and O–H groups in total. The number of guanidine groups is 1. The molecular weight excluding hydrogens is 511 g/mol. The first kappa shape index (κ1) is 24.1. The van der Waals surface area contributed by atoms with Crippen molar-refractivity contribution in [1.29, 1.82) is 0 Å². The first-order chi connectivity index (χ1) is 15.2. The van der Waals surface area contributed by atoms with Gasteiger partial charge in [-0.05, 0) is 61.6 Å². The molecule has 1 fully saturated rings. The zero-order chi connectivity index (χ0) is 21.5. The van der Waals surface area contributed by atoms with Gasteiger partial charge in [0.15, 0.2) is 5.96 Å². The van der Waals surface area contributed by atoms with Crippen molar-refractivity contribution in [3.05, 3.63) is 78.1 Å². The van der Waals surface area contributed by atoms with Gasteiger partial charge in [0.05, 0.1) is 17.9 Å². The summed E-state index contributed by atoms with van der Waals surface area (Å²) in [5, 5.41) is 11.4. The van der Waals surface area contributed by atoms with Crippen LogP contribution in [0.25, 0.3) is 5.69 Å². The summed E-state index contributed by atoms with van der Waals surface area (Å²) < 4.78 is 1.91. The Hall–Kier alpha value is -2.55. The van der Waals surface area contributed by atoms with E-state index < -0.39 is 0 Å². The third-order valence-corrected chi connectivity index (χ3v) is 5.78. The number of halogens is 1. The lowest BCUT2D eigenvalue weighted by Gasteiger charge is -2.22. The van der Waals surface area contributed by atoms with Crippen LogP contribution in [0.4, 0.5) is 5.69 Å². The second-order valence-corrected chi connectivity index (χ2v) is 8.03. The van der Waals surface area contributed by atoms with Crippen molar-refractivity contribution in [2.75, 3.05) is 31.6 Å². The van der Waals surface area contributed by atoms with Crippen molar-refractivity contribution in [3.63, 3.8) is 0 Å². The molecule has 0 spiro atoms. The molecule has 1 aromatic heterocycles. The number of aliphatic imine (C=N–C) groups is 1. The minimum absolute atomic E-state index is 0. The van der Waals surface area contributed by atoms with Crippen LogP contribution in [0.1, 0.15) is 36.9 Å². The topological polar surface area (TPSA) is 57.5 Å². The van der Waals surface area contributed by atoms with Gasteiger partial charge in [0.1, 0.15) is 0 Å². The van der Waals surface area contributed by atoms with Crippen molar-refractivity contribution in [2.45, 2.75) is 32.2 Å². The van der Waals surface area contributed by atoms with E-state index in [4.69, 9.17) is 0 Å². The van der Waals surface area contributed by atoms with E-state index in [1.165, 1.54) is 29.7 Å². The number of hydrogen-bond donors (Lipinski definition) is 2. The van der Waals surface area contributed by atoms with Gasteiger partial charge in [-0.15, -0.1) is 24.0 Å². The fourth-order valence-electron chi connectivity index (χ4n) is 3.99. The lowest BCUT2D eigenvalue weighted by atomic mass is 10.1. The van der Waals surface area contributed by atoms with Gasteiger partial charge < -0.3 is 15.5 Å². The van der Waals surface area contributed by atoms with Crippen molar-refractivity contribution in [2.24, 2.45) is 4.99 Å². The van der Waals surface area contributed by atoms with Crippen LogP contribution in [0.15, 0.2) is 72.0 Å². The Morgan fingerprint density at radius 1 is 1.06 bits per heavy atom. The Labute approximate surface area is 208 Å². The van der Waals surface area contributed by atoms with Crippen LogP contribution in [0.3, 0.4) is 0 Å². The maximum Gasteiger partial charge on any atom is 0.191 e. The molecule has 3 aromatic rings. The molecule has 170 valence electrons. The molecule has 0 amide bonds. The van der Waals surface area contributed by atoms with Crippen LogP contribution in [0, 0.1) is 0 Å². The number of nitrogens with one attached hydrogen (secondary N) is 2. The van der Waals surface area contributed by atoms with Crippen LogP contribution in [-0.2, 0) is 6.42 Å². The molecule has 4 rings (SSSR count). The summed E-state index contributed by atoms with van der Waals surface area (Å²) in [7, 11) is 1.82. The Kier molecular flexibility index (Phi) is 8.96. The monoisotopic (exact) mass is 544 g/mol. The second-order valence-electron chi connectivity index (χ2n) is 8.03. The zero-order valence-corrected chi connectivity index (χ0v) is 21.2. The molecule has 1 atom stereocenters. The van der Waals surface area contributed by atoms with E-state index >= 15 is 0 Å². The van der Waals surface area contributed by atoms with Gasteiger partial charge in [-0.1, -0.05) is 30.3 Å². The highest BCUT2D eigenvalue weighted by atomic mass is 127. The van der Waals surface area contributed by atoms with E-state index in [0.29, 0.717) is 0 Å². The van der Waals surface area contributed by atoms with Crippen molar-refractivity contribution < 1.29 is 0 Å². The zero-order valence-electron chi connectivity index (χ0n) is 18.9. The van der Waals surface area contributed by atoms with Crippen LogP contribution in [0.2, 0.25) is 0 Å². The summed E-state index contributed by atoms with van der Waals surface area (Å²) in [5.74, 6) is 0.814. The van der Waals surface area contributed by atoms with E-state index in [2.05, 4.69) is 75.1 Å². The Morgan fingerprint density at radius 3 is 2.56 bits per heavy atom. The number of rotatable bonds is 7. The second kappa shape index (κ2) is 11.9. The summed E-state index contributed by atoms with van der Waals surface area (Å²) in [6.45, 7) is 5.30. The van der Waals surface area contributed by atoms with Crippen LogP contribution < -0.4 is 15.5 Å². The maximum absolute atomic E-state index is 4.47. The SMILES string of the molecule is CN=C(NCCc1cnn(-c2ccccc2)c1)NC(C)c1cccc(N2CCCC2)c1.I. The van der Waals surface area contributed by atoms with Crippen molar-refractivity contribution in [1.82, 2.24) is 20.4 Å². The molecule has 32 heavy (non-hydrogen) atoms. The summed E-state index contributed by atoms with van der Waals surface area (Å²) in [6.07, 6.45) is 7.47. The standard InChI is InChI=1S/C25H32N6.HI/c1-20(22-9-8-12-24(17-22)30-15-6-7-16-30)29-25(26-2)27-14-13-21-18-28-31(19-21)23-10-4-3-5-11-23;/h3-5,8-12,17-20H,6-7,13-16H2,1-2H3,(H2,26,27,29);1H. The fraction of sp³-hybridized carbons (Fsp3) is 0.360.